The third-order valence-electron chi connectivity index (χ3n) is 3.70. The Kier molecular flexibility index (Phi) is 2.94. The van der Waals surface area contributed by atoms with Gasteiger partial charge in [0, 0.05) is 4.47 Å². The zero-order valence-corrected chi connectivity index (χ0v) is 12.2. The molecule has 1 aliphatic rings. The SMILES string of the molecule is CC(c1ccc(Br)cc1)(c1noc(Cl)n1)C1CC1. The van der Waals surface area contributed by atoms with Crippen molar-refractivity contribution in [3.8, 4) is 0 Å². The maximum atomic E-state index is 5.76. The van der Waals surface area contributed by atoms with E-state index in [1.165, 1.54) is 18.4 Å². The topological polar surface area (TPSA) is 38.9 Å². The molecule has 0 aliphatic heterocycles. The van der Waals surface area contributed by atoms with Crippen LogP contribution in [0.25, 0.3) is 0 Å². The maximum Gasteiger partial charge on any atom is 0.320 e. The smallest absolute Gasteiger partial charge is 0.320 e. The molecule has 0 saturated heterocycles. The Morgan fingerprint density at radius 2 is 2.00 bits per heavy atom. The number of rotatable bonds is 3. The van der Waals surface area contributed by atoms with Crippen LogP contribution in [0.2, 0.25) is 5.35 Å². The summed E-state index contributed by atoms with van der Waals surface area (Å²) in [4.78, 5) is 4.22. The summed E-state index contributed by atoms with van der Waals surface area (Å²) in [5.41, 5.74) is 0.989. The van der Waals surface area contributed by atoms with E-state index in [4.69, 9.17) is 16.1 Å². The molecule has 0 spiro atoms. The average molecular weight is 328 g/mol. The highest BCUT2D eigenvalue weighted by atomic mass is 79.9. The number of benzene rings is 1. The van der Waals surface area contributed by atoms with Crippen molar-refractivity contribution in [1.29, 1.82) is 0 Å². The van der Waals surface area contributed by atoms with Gasteiger partial charge in [0.1, 0.15) is 0 Å². The highest BCUT2D eigenvalue weighted by molar-refractivity contribution is 9.10. The van der Waals surface area contributed by atoms with Crippen molar-refractivity contribution in [1.82, 2.24) is 10.1 Å². The first-order valence-electron chi connectivity index (χ1n) is 5.86. The third-order valence-corrected chi connectivity index (χ3v) is 4.39. The lowest BCUT2D eigenvalue weighted by atomic mass is 9.77. The van der Waals surface area contributed by atoms with Gasteiger partial charge in [-0.1, -0.05) is 33.2 Å². The van der Waals surface area contributed by atoms with Crippen LogP contribution < -0.4 is 0 Å². The third kappa shape index (κ3) is 1.97. The molecular weight excluding hydrogens is 316 g/mol. The van der Waals surface area contributed by atoms with Gasteiger partial charge < -0.3 is 4.52 Å². The van der Waals surface area contributed by atoms with Crippen LogP contribution in [0.3, 0.4) is 0 Å². The van der Waals surface area contributed by atoms with Crippen molar-refractivity contribution in [3.05, 3.63) is 45.5 Å². The van der Waals surface area contributed by atoms with E-state index in [9.17, 15) is 0 Å². The van der Waals surface area contributed by atoms with Crippen LogP contribution in [0.15, 0.2) is 33.3 Å². The van der Waals surface area contributed by atoms with Crippen molar-refractivity contribution in [2.45, 2.75) is 25.2 Å². The summed E-state index contributed by atoms with van der Waals surface area (Å²) < 4.78 is 5.99. The van der Waals surface area contributed by atoms with E-state index in [1.807, 2.05) is 12.1 Å². The Hall–Kier alpha value is -0.870. The summed E-state index contributed by atoms with van der Waals surface area (Å²) in [7, 11) is 0. The summed E-state index contributed by atoms with van der Waals surface area (Å²) in [5.74, 6) is 1.24. The number of nitrogens with zero attached hydrogens (tertiary/aromatic N) is 2. The second-order valence-electron chi connectivity index (χ2n) is 4.85. The number of hydrogen-bond acceptors (Lipinski definition) is 3. The summed E-state index contributed by atoms with van der Waals surface area (Å²) in [6.07, 6.45) is 2.39. The van der Waals surface area contributed by atoms with Crippen LogP contribution in [-0.4, -0.2) is 10.1 Å². The number of halogens is 2. The van der Waals surface area contributed by atoms with Crippen molar-refractivity contribution >= 4 is 27.5 Å². The van der Waals surface area contributed by atoms with Crippen LogP contribution in [0.4, 0.5) is 0 Å². The van der Waals surface area contributed by atoms with Gasteiger partial charge in [0.15, 0.2) is 5.82 Å². The molecule has 1 fully saturated rings. The van der Waals surface area contributed by atoms with E-state index in [-0.39, 0.29) is 10.8 Å². The molecule has 0 bridgehead atoms. The largest absolute Gasteiger partial charge is 0.321 e. The van der Waals surface area contributed by atoms with Crippen LogP contribution >= 0.6 is 27.5 Å². The molecule has 1 saturated carbocycles. The van der Waals surface area contributed by atoms with Gasteiger partial charge in [0.2, 0.25) is 0 Å². The highest BCUT2D eigenvalue weighted by Gasteiger charge is 2.47. The Morgan fingerprint density at radius 1 is 1.33 bits per heavy atom. The Bertz CT molecular complexity index is 565. The van der Waals surface area contributed by atoms with Crippen LogP contribution in [0.5, 0.6) is 0 Å². The van der Waals surface area contributed by atoms with Crippen molar-refractivity contribution in [3.63, 3.8) is 0 Å². The first-order chi connectivity index (χ1) is 8.60. The van der Waals surface area contributed by atoms with Crippen molar-refractivity contribution in [2.75, 3.05) is 0 Å². The molecule has 1 unspecified atom stereocenters. The summed E-state index contributed by atoms with van der Waals surface area (Å²) in [6, 6.07) is 8.29. The van der Waals surface area contributed by atoms with Gasteiger partial charge in [0.05, 0.1) is 5.41 Å². The minimum atomic E-state index is -0.211. The fourth-order valence-electron chi connectivity index (χ4n) is 2.42. The van der Waals surface area contributed by atoms with Crippen molar-refractivity contribution < 1.29 is 4.52 Å². The fraction of sp³-hybridized carbons (Fsp3) is 0.385. The summed E-state index contributed by atoms with van der Waals surface area (Å²) in [5, 5.41) is 4.12. The molecule has 5 heteroatoms. The Balaban J connectivity index is 2.08. The van der Waals surface area contributed by atoms with E-state index < -0.39 is 0 Å². The normalized spacial score (nSPS) is 18.6. The van der Waals surface area contributed by atoms with Gasteiger partial charge in [-0.05, 0) is 55.0 Å². The van der Waals surface area contributed by atoms with E-state index in [0.29, 0.717) is 11.7 Å². The molecule has 1 atom stereocenters. The monoisotopic (exact) mass is 326 g/mol. The highest BCUT2D eigenvalue weighted by Crippen LogP contribution is 2.50. The molecule has 2 aromatic rings. The minimum Gasteiger partial charge on any atom is -0.321 e. The molecule has 1 aromatic carbocycles. The van der Waals surface area contributed by atoms with E-state index in [1.54, 1.807) is 0 Å². The molecule has 94 valence electrons. The lowest BCUT2D eigenvalue weighted by Gasteiger charge is -2.26. The predicted octanol–water partition coefficient (Wildman–Crippen LogP) is 4.20. The zero-order chi connectivity index (χ0) is 12.8. The second-order valence-corrected chi connectivity index (χ2v) is 6.09. The number of hydrogen-bond donors (Lipinski definition) is 0. The first-order valence-corrected chi connectivity index (χ1v) is 7.03. The molecule has 1 aromatic heterocycles. The second kappa shape index (κ2) is 4.35. The standard InChI is InChI=1S/C13H12BrClN2O/c1-13(8-2-3-8,11-16-12(15)18-17-11)9-4-6-10(14)7-5-9/h4-8H,2-3H2,1H3. The number of aromatic nitrogens is 2. The zero-order valence-electron chi connectivity index (χ0n) is 9.86. The predicted molar refractivity (Wildman–Crippen MR) is 72.6 cm³/mol. The van der Waals surface area contributed by atoms with Gasteiger partial charge in [-0.2, -0.15) is 4.98 Å². The lowest BCUT2D eigenvalue weighted by Crippen LogP contribution is -2.27. The van der Waals surface area contributed by atoms with Gasteiger partial charge in [0.25, 0.3) is 0 Å². The van der Waals surface area contributed by atoms with Crippen LogP contribution in [0, 0.1) is 5.92 Å². The minimum absolute atomic E-state index is 0.106. The van der Waals surface area contributed by atoms with Gasteiger partial charge in [-0.25, -0.2) is 0 Å². The quantitative estimate of drug-likeness (QED) is 0.848. The van der Waals surface area contributed by atoms with Gasteiger partial charge in [-0.15, -0.1) is 0 Å². The molecule has 0 N–H and O–H groups in total. The fourth-order valence-corrected chi connectivity index (χ4v) is 2.80. The van der Waals surface area contributed by atoms with Crippen LogP contribution in [0.1, 0.15) is 31.2 Å². The molecule has 18 heavy (non-hydrogen) atoms. The molecule has 1 aliphatic carbocycles. The molecular formula is C13H12BrClN2O. The Morgan fingerprint density at radius 3 is 2.50 bits per heavy atom. The summed E-state index contributed by atoms with van der Waals surface area (Å²) >= 11 is 9.21. The Labute approximate surface area is 119 Å². The molecule has 0 radical (unpaired) electrons. The van der Waals surface area contributed by atoms with E-state index >= 15 is 0 Å². The van der Waals surface area contributed by atoms with Crippen LogP contribution in [-0.2, 0) is 5.41 Å². The molecule has 3 rings (SSSR count). The molecule has 1 heterocycles. The first kappa shape index (κ1) is 12.2. The maximum absolute atomic E-state index is 5.76. The molecule has 3 nitrogen and oxygen atoms in total. The average Bonchev–Trinajstić information content (AvgIpc) is 3.12. The lowest BCUT2D eigenvalue weighted by molar-refractivity contribution is 0.380. The molecule has 0 amide bonds. The summed E-state index contributed by atoms with van der Waals surface area (Å²) in [6.45, 7) is 2.16. The van der Waals surface area contributed by atoms with Gasteiger partial charge in [-0.3, -0.25) is 0 Å². The van der Waals surface area contributed by atoms with Gasteiger partial charge >= 0.3 is 5.35 Å². The van der Waals surface area contributed by atoms with E-state index in [2.05, 4.69) is 45.1 Å². The van der Waals surface area contributed by atoms with Crippen molar-refractivity contribution in [2.24, 2.45) is 5.92 Å². The van der Waals surface area contributed by atoms with E-state index in [0.717, 1.165) is 4.47 Å².